The van der Waals surface area contributed by atoms with Gasteiger partial charge in [0.15, 0.2) is 0 Å². The first-order valence-corrected chi connectivity index (χ1v) is 9.88. The fourth-order valence-electron chi connectivity index (χ4n) is 2.98. The Hall–Kier alpha value is -1.45. The lowest BCUT2D eigenvalue weighted by molar-refractivity contribution is 0.0760. The summed E-state index contributed by atoms with van der Waals surface area (Å²) in [6.07, 6.45) is 3.45. The minimum Gasteiger partial charge on any atom is -0.322 e. The standard InChI is InChI=1S/C20H22ClNOS/c1-2-3-5-15-8-10-16(11-9-15)19(23)22-12-13-24-20(22)17-6-4-7-18(21)14-17/h4,6-11,14,20H,2-3,5,12-13H2,1H3/t20-/m0/s1. The molecule has 4 heteroatoms. The number of halogens is 1. The Bertz CT molecular complexity index is 701. The van der Waals surface area contributed by atoms with Crippen LogP contribution >= 0.6 is 23.4 Å². The van der Waals surface area contributed by atoms with Crippen LogP contribution in [0.5, 0.6) is 0 Å². The van der Waals surface area contributed by atoms with Crippen LogP contribution < -0.4 is 0 Å². The number of carbonyl (C=O) groups excluding carboxylic acids is 1. The molecule has 1 heterocycles. The Morgan fingerprint density at radius 1 is 1.25 bits per heavy atom. The highest BCUT2D eigenvalue weighted by Gasteiger charge is 2.31. The van der Waals surface area contributed by atoms with Crippen molar-refractivity contribution in [2.45, 2.75) is 31.6 Å². The first-order valence-electron chi connectivity index (χ1n) is 8.46. The molecule has 1 atom stereocenters. The van der Waals surface area contributed by atoms with Gasteiger partial charge in [0.05, 0.1) is 0 Å². The molecule has 2 nitrogen and oxygen atoms in total. The molecule has 24 heavy (non-hydrogen) atoms. The third kappa shape index (κ3) is 3.96. The van der Waals surface area contributed by atoms with Crippen LogP contribution in [0.3, 0.4) is 0 Å². The van der Waals surface area contributed by atoms with E-state index in [-0.39, 0.29) is 11.3 Å². The molecule has 2 aromatic rings. The van der Waals surface area contributed by atoms with E-state index in [4.69, 9.17) is 11.6 Å². The summed E-state index contributed by atoms with van der Waals surface area (Å²) in [5.41, 5.74) is 3.17. The molecular formula is C20H22ClNOS. The lowest BCUT2D eigenvalue weighted by atomic mass is 10.1. The third-order valence-corrected chi connectivity index (χ3v) is 5.80. The van der Waals surface area contributed by atoms with Gasteiger partial charge in [-0.3, -0.25) is 4.79 Å². The number of unbranched alkanes of at least 4 members (excludes halogenated alkanes) is 1. The van der Waals surface area contributed by atoms with Gasteiger partial charge >= 0.3 is 0 Å². The number of carbonyl (C=O) groups is 1. The molecule has 0 unspecified atom stereocenters. The van der Waals surface area contributed by atoms with Crippen LogP contribution in [0.15, 0.2) is 48.5 Å². The Balaban J connectivity index is 1.76. The second-order valence-electron chi connectivity index (χ2n) is 6.08. The molecule has 3 rings (SSSR count). The maximum atomic E-state index is 12.9. The summed E-state index contributed by atoms with van der Waals surface area (Å²) >= 11 is 7.91. The average molecular weight is 360 g/mol. The lowest BCUT2D eigenvalue weighted by Gasteiger charge is -2.24. The summed E-state index contributed by atoms with van der Waals surface area (Å²) in [5.74, 6) is 1.06. The van der Waals surface area contributed by atoms with E-state index in [1.165, 1.54) is 18.4 Å². The molecule has 0 saturated carbocycles. The van der Waals surface area contributed by atoms with Gasteiger partial charge in [-0.25, -0.2) is 0 Å². The zero-order valence-corrected chi connectivity index (χ0v) is 15.4. The van der Waals surface area contributed by atoms with E-state index in [0.29, 0.717) is 5.02 Å². The van der Waals surface area contributed by atoms with Crippen LogP contribution in [0.1, 0.15) is 46.6 Å². The monoisotopic (exact) mass is 359 g/mol. The quantitative estimate of drug-likeness (QED) is 0.695. The van der Waals surface area contributed by atoms with Gasteiger partial charge < -0.3 is 4.90 Å². The summed E-state index contributed by atoms with van der Waals surface area (Å²) < 4.78 is 0. The van der Waals surface area contributed by atoms with Gasteiger partial charge in [-0.2, -0.15) is 0 Å². The smallest absolute Gasteiger partial charge is 0.255 e. The zero-order valence-electron chi connectivity index (χ0n) is 13.9. The topological polar surface area (TPSA) is 20.3 Å². The molecule has 0 spiro atoms. The van der Waals surface area contributed by atoms with Crippen LogP contribution in [0.25, 0.3) is 0 Å². The van der Waals surface area contributed by atoms with Crippen LogP contribution in [0.4, 0.5) is 0 Å². The lowest BCUT2D eigenvalue weighted by Crippen LogP contribution is -2.30. The van der Waals surface area contributed by atoms with Gasteiger partial charge in [-0.1, -0.05) is 49.2 Å². The Labute approximate surface area is 153 Å². The summed E-state index contributed by atoms with van der Waals surface area (Å²) in [6, 6.07) is 15.9. The van der Waals surface area contributed by atoms with Crippen molar-refractivity contribution in [2.24, 2.45) is 0 Å². The van der Waals surface area contributed by atoms with Crippen molar-refractivity contribution in [2.75, 3.05) is 12.3 Å². The molecule has 0 aliphatic carbocycles. The van der Waals surface area contributed by atoms with E-state index in [1.807, 2.05) is 41.3 Å². The third-order valence-electron chi connectivity index (χ3n) is 4.31. The van der Waals surface area contributed by atoms with E-state index in [9.17, 15) is 4.79 Å². The molecule has 0 aromatic heterocycles. The van der Waals surface area contributed by atoms with E-state index in [1.54, 1.807) is 11.8 Å². The maximum absolute atomic E-state index is 12.9. The molecule has 2 aromatic carbocycles. The first kappa shape index (κ1) is 17.4. The predicted octanol–water partition coefficient (Wildman–Crippen LogP) is 5.57. The normalized spacial score (nSPS) is 17.2. The molecule has 0 radical (unpaired) electrons. The van der Waals surface area contributed by atoms with Crippen molar-refractivity contribution >= 4 is 29.3 Å². The number of benzene rings is 2. The van der Waals surface area contributed by atoms with Gasteiger partial charge in [0.2, 0.25) is 0 Å². The minimum atomic E-state index is 0.0518. The number of nitrogens with zero attached hydrogens (tertiary/aromatic N) is 1. The van der Waals surface area contributed by atoms with E-state index >= 15 is 0 Å². The highest BCUT2D eigenvalue weighted by Crippen LogP contribution is 2.39. The second-order valence-corrected chi connectivity index (χ2v) is 7.70. The molecule has 1 fully saturated rings. The second kappa shape index (κ2) is 8.09. The minimum absolute atomic E-state index is 0.0518. The fraction of sp³-hybridized carbons (Fsp3) is 0.350. The molecule has 1 saturated heterocycles. The van der Waals surface area contributed by atoms with Crippen LogP contribution in [-0.4, -0.2) is 23.1 Å². The molecular weight excluding hydrogens is 338 g/mol. The Morgan fingerprint density at radius 3 is 2.75 bits per heavy atom. The predicted molar refractivity (Wildman–Crippen MR) is 103 cm³/mol. The van der Waals surface area contributed by atoms with E-state index in [2.05, 4.69) is 19.1 Å². The average Bonchev–Trinajstić information content (AvgIpc) is 3.09. The molecule has 0 N–H and O–H groups in total. The van der Waals surface area contributed by atoms with Gasteiger partial charge in [0, 0.05) is 22.9 Å². The summed E-state index contributed by atoms with van der Waals surface area (Å²) in [5, 5.41) is 0.767. The Morgan fingerprint density at radius 2 is 2.04 bits per heavy atom. The number of aryl methyl sites for hydroxylation is 1. The number of hydrogen-bond acceptors (Lipinski definition) is 2. The summed E-state index contributed by atoms with van der Waals surface area (Å²) in [6.45, 7) is 2.97. The Kier molecular flexibility index (Phi) is 5.85. The number of thioether (sulfide) groups is 1. The van der Waals surface area contributed by atoms with Gasteiger partial charge in [-0.05, 0) is 48.2 Å². The van der Waals surface area contributed by atoms with Crippen molar-refractivity contribution in [3.8, 4) is 0 Å². The molecule has 1 aliphatic rings. The van der Waals surface area contributed by atoms with E-state index < -0.39 is 0 Å². The molecule has 1 aliphatic heterocycles. The maximum Gasteiger partial charge on any atom is 0.255 e. The van der Waals surface area contributed by atoms with Gasteiger partial charge in [0.25, 0.3) is 5.91 Å². The van der Waals surface area contributed by atoms with Crippen LogP contribution in [-0.2, 0) is 6.42 Å². The van der Waals surface area contributed by atoms with Crippen molar-refractivity contribution in [3.05, 3.63) is 70.2 Å². The zero-order chi connectivity index (χ0) is 16.9. The number of amides is 1. The van der Waals surface area contributed by atoms with Gasteiger partial charge in [0.1, 0.15) is 5.37 Å². The summed E-state index contributed by atoms with van der Waals surface area (Å²) in [7, 11) is 0. The van der Waals surface area contributed by atoms with Crippen LogP contribution in [0, 0.1) is 0 Å². The molecule has 126 valence electrons. The van der Waals surface area contributed by atoms with Crippen molar-refractivity contribution < 1.29 is 4.79 Å². The summed E-state index contributed by atoms with van der Waals surface area (Å²) in [4.78, 5) is 14.9. The van der Waals surface area contributed by atoms with E-state index in [0.717, 1.165) is 29.8 Å². The van der Waals surface area contributed by atoms with Crippen LogP contribution in [0.2, 0.25) is 5.02 Å². The molecule has 0 bridgehead atoms. The highest BCUT2D eigenvalue weighted by molar-refractivity contribution is 7.99. The molecule has 1 amide bonds. The van der Waals surface area contributed by atoms with Crippen molar-refractivity contribution in [1.82, 2.24) is 4.90 Å². The fourth-order valence-corrected chi connectivity index (χ4v) is 4.42. The SMILES string of the molecule is CCCCc1ccc(C(=O)N2CCS[C@H]2c2cccc(Cl)c2)cc1. The van der Waals surface area contributed by atoms with Crippen molar-refractivity contribution in [1.29, 1.82) is 0 Å². The van der Waals surface area contributed by atoms with Crippen molar-refractivity contribution in [3.63, 3.8) is 0 Å². The first-order chi connectivity index (χ1) is 11.7. The number of hydrogen-bond donors (Lipinski definition) is 0. The largest absolute Gasteiger partial charge is 0.322 e. The number of rotatable bonds is 5. The van der Waals surface area contributed by atoms with Gasteiger partial charge in [-0.15, -0.1) is 11.8 Å². The highest BCUT2D eigenvalue weighted by atomic mass is 35.5.